The van der Waals surface area contributed by atoms with E-state index in [0.29, 0.717) is 0 Å². The van der Waals surface area contributed by atoms with E-state index in [9.17, 15) is 22.8 Å². The summed E-state index contributed by atoms with van der Waals surface area (Å²) in [4.78, 5) is 23.0. The molecule has 116 valence electrons. The lowest BCUT2D eigenvalue weighted by atomic mass is 10.0. The molecule has 0 aliphatic carbocycles. The molecule has 8 heteroatoms. The molecule has 1 unspecified atom stereocenters. The molecule has 3 nitrogen and oxygen atoms in total. The van der Waals surface area contributed by atoms with Gasteiger partial charge in [-0.1, -0.05) is 0 Å². The van der Waals surface area contributed by atoms with Gasteiger partial charge in [0.2, 0.25) is 0 Å². The van der Waals surface area contributed by atoms with Crippen LogP contribution in [0, 0.1) is 0 Å². The Hall–Kier alpha value is -1.21. The Morgan fingerprint density at radius 2 is 2.00 bits per heavy atom. The van der Waals surface area contributed by atoms with Crippen molar-refractivity contribution >= 4 is 35.1 Å². The summed E-state index contributed by atoms with van der Waals surface area (Å²) in [7, 11) is 0. The second kappa shape index (κ2) is 7.17. The number of carbonyl (C=O) groups excluding carboxylic acids is 2. The van der Waals surface area contributed by atoms with Crippen LogP contribution in [0.1, 0.15) is 35.1 Å². The number of carbonyl (C=O) groups is 2. The summed E-state index contributed by atoms with van der Waals surface area (Å²) in [5.41, 5.74) is -4.48. The molecule has 0 N–H and O–H groups in total. The number of alkyl halides is 4. The molecule has 0 spiro atoms. The minimum absolute atomic E-state index is 0.0110. The van der Waals surface area contributed by atoms with Gasteiger partial charge in [0.1, 0.15) is 5.38 Å². The van der Waals surface area contributed by atoms with Crippen LogP contribution in [0.15, 0.2) is 23.1 Å². The minimum atomic E-state index is -4.47. The molecule has 1 aromatic carbocycles. The lowest BCUT2D eigenvalue weighted by Crippen LogP contribution is -2.12. The highest BCUT2D eigenvalue weighted by molar-refractivity contribution is 8.00. The first-order valence-electron chi connectivity index (χ1n) is 5.87. The van der Waals surface area contributed by atoms with Gasteiger partial charge in [-0.05, 0) is 49.4 Å². The highest BCUT2D eigenvalue weighted by atomic mass is 35.5. The van der Waals surface area contributed by atoms with Gasteiger partial charge in [-0.25, -0.2) is 4.79 Å². The van der Waals surface area contributed by atoms with Crippen LogP contribution in [0.4, 0.5) is 13.2 Å². The van der Waals surface area contributed by atoms with Crippen molar-refractivity contribution in [2.24, 2.45) is 0 Å². The third-order valence-corrected chi connectivity index (χ3v) is 3.65. The Morgan fingerprint density at radius 1 is 1.38 bits per heavy atom. The molecule has 0 heterocycles. The number of rotatable bonds is 5. The summed E-state index contributed by atoms with van der Waals surface area (Å²) in [5.74, 6) is -1.21. The monoisotopic (exact) mass is 340 g/mol. The molecule has 0 amide bonds. The van der Waals surface area contributed by atoms with E-state index in [1.165, 1.54) is 13.0 Å². The second-order valence-corrected chi connectivity index (χ2v) is 5.57. The number of ketones is 1. The fourth-order valence-corrected chi connectivity index (χ4v) is 2.33. The standard InChI is InChI=1S/C13H12ClF3O3S/c1-3-20-12(19)9-5-4-8(21-13(15,16)17)6-10(9)11(14)7(2)18/h4-6,11H,3H2,1-2H3. The van der Waals surface area contributed by atoms with E-state index in [1.54, 1.807) is 6.92 Å². The molecule has 0 aliphatic rings. The summed E-state index contributed by atoms with van der Waals surface area (Å²) in [6, 6.07) is 3.40. The summed E-state index contributed by atoms with van der Waals surface area (Å²) in [6.07, 6.45) is 0. The Labute approximate surface area is 128 Å². The molecule has 0 saturated heterocycles. The van der Waals surface area contributed by atoms with Crippen molar-refractivity contribution in [2.75, 3.05) is 6.61 Å². The Kier molecular flexibility index (Phi) is 6.10. The average Bonchev–Trinajstić information content (AvgIpc) is 2.35. The van der Waals surface area contributed by atoms with Crippen LogP contribution in [0.5, 0.6) is 0 Å². The molecule has 0 saturated carbocycles. The fourth-order valence-electron chi connectivity index (χ4n) is 1.56. The molecule has 1 aromatic rings. The number of hydrogen-bond donors (Lipinski definition) is 0. The van der Waals surface area contributed by atoms with Crippen molar-refractivity contribution in [3.8, 4) is 0 Å². The summed E-state index contributed by atoms with van der Waals surface area (Å²) in [5, 5.41) is -1.21. The van der Waals surface area contributed by atoms with Gasteiger partial charge in [-0.15, -0.1) is 11.6 Å². The van der Waals surface area contributed by atoms with Gasteiger partial charge in [-0.2, -0.15) is 13.2 Å². The number of hydrogen-bond acceptors (Lipinski definition) is 4. The highest BCUT2D eigenvalue weighted by Crippen LogP contribution is 2.39. The van der Waals surface area contributed by atoms with Gasteiger partial charge in [0.15, 0.2) is 5.78 Å². The highest BCUT2D eigenvalue weighted by Gasteiger charge is 2.30. The van der Waals surface area contributed by atoms with Gasteiger partial charge in [0.05, 0.1) is 12.2 Å². The maximum Gasteiger partial charge on any atom is 0.446 e. The van der Waals surface area contributed by atoms with Gasteiger partial charge in [0, 0.05) is 4.90 Å². The van der Waals surface area contributed by atoms with Crippen LogP contribution in [-0.2, 0) is 9.53 Å². The normalized spacial score (nSPS) is 12.9. The molecule has 0 radical (unpaired) electrons. The Morgan fingerprint density at radius 3 is 2.48 bits per heavy atom. The van der Waals surface area contributed by atoms with E-state index in [2.05, 4.69) is 0 Å². The molecule has 0 fully saturated rings. The minimum Gasteiger partial charge on any atom is -0.462 e. The summed E-state index contributed by atoms with van der Waals surface area (Å²) in [6.45, 7) is 2.88. The van der Waals surface area contributed by atoms with Crippen LogP contribution in [0.2, 0.25) is 0 Å². The first kappa shape index (κ1) is 17.8. The average molecular weight is 341 g/mol. The number of esters is 1. The zero-order valence-corrected chi connectivity index (χ0v) is 12.7. The van der Waals surface area contributed by atoms with E-state index in [1.807, 2.05) is 0 Å². The quantitative estimate of drug-likeness (QED) is 0.454. The van der Waals surface area contributed by atoms with E-state index < -0.39 is 22.6 Å². The van der Waals surface area contributed by atoms with Crippen LogP contribution in [-0.4, -0.2) is 23.9 Å². The van der Waals surface area contributed by atoms with Crippen molar-refractivity contribution in [1.82, 2.24) is 0 Å². The topological polar surface area (TPSA) is 43.4 Å². The van der Waals surface area contributed by atoms with Crippen molar-refractivity contribution in [3.63, 3.8) is 0 Å². The molecule has 21 heavy (non-hydrogen) atoms. The Bertz CT molecular complexity index is 546. The molecule has 0 aromatic heterocycles. The maximum atomic E-state index is 12.4. The van der Waals surface area contributed by atoms with E-state index in [0.717, 1.165) is 12.1 Å². The van der Waals surface area contributed by atoms with Gasteiger partial charge >= 0.3 is 11.5 Å². The van der Waals surface area contributed by atoms with Crippen molar-refractivity contribution < 1.29 is 27.5 Å². The first-order chi connectivity index (χ1) is 9.65. The Balaban J connectivity index is 3.26. The largest absolute Gasteiger partial charge is 0.462 e. The molecular weight excluding hydrogens is 329 g/mol. The van der Waals surface area contributed by atoms with E-state index >= 15 is 0 Å². The van der Waals surface area contributed by atoms with E-state index in [4.69, 9.17) is 16.3 Å². The van der Waals surface area contributed by atoms with Crippen molar-refractivity contribution in [2.45, 2.75) is 29.6 Å². The van der Waals surface area contributed by atoms with Gasteiger partial charge < -0.3 is 4.74 Å². The van der Waals surface area contributed by atoms with Crippen LogP contribution >= 0.6 is 23.4 Å². The predicted octanol–water partition coefficient (Wildman–Crippen LogP) is 4.34. The summed E-state index contributed by atoms with van der Waals surface area (Å²) < 4.78 is 42.0. The number of benzene rings is 1. The van der Waals surface area contributed by atoms with Crippen molar-refractivity contribution in [3.05, 3.63) is 29.3 Å². The summed E-state index contributed by atoms with van der Waals surface area (Å²) >= 11 is 5.54. The van der Waals surface area contributed by atoms with Gasteiger partial charge in [0.25, 0.3) is 0 Å². The van der Waals surface area contributed by atoms with Crippen molar-refractivity contribution in [1.29, 1.82) is 0 Å². The van der Waals surface area contributed by atoms with Crippen LogP contribution in [0.25, 0.3) is 0 Å². The van der Waals surface area contributed by atoms with Crippen LogP contribution in [0.3, 0.4) is 0 Å². The molecular formula is C13H12ClF3O3S. The smallest absolute Gasteiger partial charge is 0.446 e. The second-order valence-electron chi connectivity index (χ2n) is 3.99. The number of thioether (sulfide) groups is 1. The first-order valence-corrected chi connectivity index (χ1v) is 7.12. The maximum absolute atomic E-state index is 12.4. The number of halogens is 4. The molecule has 0 bridgehead atoms. The zero-order valence-electron chi connectivity index (χ0n) is 11.2. The molecule has 0 aliphatic heterocycles. The van der Waals surface area contributed by atoms with Gasteiger partial charge in [-0.3, -0.25) is 4.79 Å². The SMILES string of the molecule is CCOC(=O)c1ccc(SC(F)(F)F)cc1C(Cl)C(C)=O. The molecule has 1 atom stereocenters. The molecule has 1 rings (SSSR count). The fraction of sp³-hybridized carbons (Fsp3) is 0.385. The number of Topliss-reactive ketones (excluding diaryl/α,β-unsaturated/α-hetero) is 1. The lowest BCUT2D eigenvalue weighted by Gasteiger charge is -2.14. The predicted molar refractivity (Wildman–Crippen MR) is 73.6 cm³/mol. The van der Waals surface area contributed by atoms with E-state index in [-0.39, 0.29) is 34.4 Å². The zero-order chi connectivity index (χ0) is 16.2. The lowest BCUT2D eigenvalue weighted by molar-refractivity contribution is -0.116. The third-order valence-electron chi connectivity index (χ3n) is 2.38. The third kappa shape index (κ3) is 5.24. The van der Waals surface area contributed by atoms with Crippen LogP contribution < -0.4 is 0 Å². The number of ether oxygens (including phenoxy) is 1.